The van der Waals surface area contributed by atoms with E-state index >= 15 is 0 Å². The summed E-state index contributed by atoms with van der Waals surface area (Å²) in [5, 5.41) is 3.23. The van der Waals surface area contributed by atoms with Crippen molar-refractivity contribution >= 4 is 21.6 Å². The lowest BCUT2D eigenvalue weighted by Crippen LogP contribution is -2.45. The van der Waals surface area contributed by atoms with Gasteiger partial charge in [-0.1, -0.05) is 0 Å². The fourth-order valence-corrected chi connectivity index (χ4v) is 2.27. The molecular formula is C11H12N2OS. The van der Waals surface area contributed by atoms with E-state index in [1.165, 1.54) is 4.70 Å². The molecule has 2 aromatic rings. The highest BCUT2D eigenvalue weighted by molar-refractivity contribution is 7.16. The first-order valence-electron chi connectivity index (χ1n) is 5.08. The first-order chi connectivity index (χ1) is 7.42. The van der Waals surface area contributed by atoms with Crippen LogP contribution in [0, 0.1) is 5.92 Å². The third-order valence-corrected chi connectivity index (χ3v) is 3.46. The third-order valence-electron chi connectivity index (χ3n) is 2.65. The molecule has 0 saturated carbocycles. The standard InChI is InChI=1S/C11H12N2OS/c1-2-11-10(13-7-15-11)3-9(1)14-6-8-4-12-5-8/h1-3,7-8,12H,4-6H2. The molecule has 0 amide bonds. The zero-order chi connectivity index (χ0) is 10.1. The van der Waals surface area contributed by atoms with Crippen LogP contribution >= 0.6 is 11.3 Å². The van der Waals surface area contributed by atoms with E-state index in [0.29, 0.717) is 5.92 Å². The maximum atomic E-state index is 5.71. The number of benzene rings is 1. The summed E-state index contributed by atoms with van der Waals surface area (Å²) in [4.78, 5) is 4.27. The van der Waals surface area contributed by atoms with Crippen LogP contribution in [0.3, 0.4) is 0 Å². The van der Waals surface area contributed by atoms with Crippen molar-refractivity contribution in [2.75, 3.05) is 19.7 Å². The molecule has 0 aliphatic carbocycles. The zero-order valence-electron chi connectivity index (χ0n) is 8.27. The Kier molecular flexibility index (Phi) is 2.31. The Morgan fingerprint density at radius 2 is 2.40 bits per heavy atom. The summed E-state index contributed by atoms with van der Waals surface area (Å²) in [6.45, 7) is 2.97. The highest BCUT2D eigenvalue weighted by atomic mass is 32.1. The van der Waals surface area contributed by atoms with Crippen molar-refractivity contribution in [1.29, 1.82) is 0 Å². The highest BCUT2D eigenvalue weighted by Gasteiger charge is 2.17. The van der Waals surface area contributed by atoms with E-state index in [-0.39, 0.29) is 0 Å². The number of ether oxygens (including phenoxy) is 1. The van der Waals surface area contributed by atoms with Gasteiger partial charge in [-0.15, -0.1) is 11.3 Å². The molecule has 1 saturated heterocycles. The summed E-state index contributed by atoms with van der Waals surface area (Å²) in [5.41, 5.74) is 2.90. The van der Waals surface area contributed by atoms with Crippen LogP contribution < -0.4 is 10.1 Å². The van der Waals surface area contributed by atoms with Gasteiger partial charge in [0.25, 0.3) is 0 Å². The maximum Gasteiger partial charge on any atom is 0.121 e. The second-order valence-corrected chi connectivity index (χ2v) is 4.70. The molecule has 1 fully saturated rings. The molecule has 0 atom stereocenters. The number of rotatable bonds is 3. The van der Waals surface area contributed by atoms with Crippen molar-refractivity contribution < 1.29 is 4.74 Å². The Morgan fingerprint density at radius 1 is 1.47 bits per heavy atom. The fourth-order valence-electron chi connectivity index (χ4n) is 1.61. The average Bonchev–Trinajstić information content (AvgIpc) is 2.62. The molecule has 0 radical (unpaired) electrons. The van der Waals surface area contributed by atoms with E-state index in [4.69, 9.17) is 4.74 Å². The first kappa shape index (κ1) is 9.12. The largest absolute Gasteiger partial charge is 0.493 e. The normalized spacial score (nSPS) is 16.5. The number of aromatic nitrogens is 1. The minimum Gasteiger partial charge on any atom is -0.493 e. The molecule has 1 aromatic heterocycles. The summed E-state index contributed by atoms with van der Waals surface area (Å²) in [6, 6.07) is 6.10. The van der Waals surface area contributed by atoms with Gasteiger partial charge in [-0.2, -0.15) is 0 Å². The molecule has 78 valence electrons. The molecule has 4 heteroatoms. The summed E-state index contributed by atoms with van der Waals surface area (Å²) in [6.07, 6.45) is 0. The molecule has 1 aliphatic rings. The lowest BCUT2D eigenvalue weighted by Gasteiger charge is -2.26. The Hall–Kier alpha value is -1.13. The summed E-state index contributed by atoms with van der Waals surface area (Å²) < 4.78 is 6.93. The number of thiazole rings is 1. The second kappa shape index (κ2) is 3.79. The van der Waals surface area contributed by atoms with Crippen LogP contribution in [0.5, 0.6) is 5.75 Å². The SMILES string of the molecule is c1nc2cc(OCC3CNC3)ccc2s1. The quantitative estimate of drug-likeness (QED) is 0.857. The molecule has 1 N–H and O–H groups in total. The van der Waals surface area contributed by atoms with E-state index in [1.54, 1.807) is 11.3 Å². The molecule has 1 aromatic carbocycles. The Labute approximate surface area is 92.1 Å². The number of nitrogens with one attached hydrogen (secondary N) is 1. The molecule has 0 unspecified atom stereocenters. The van der Waals surface area contributed by atoms with Gasteiger partial charge in [0.05, 0.1) is 22.3 Å². The fraction of sp³-hybridized carbons (Fsp3) is 0.364. The molecule has 3 nitrogen and oxygen atoms in total. The number of fused-ring (bicyclic) bond motifs is 1. The Morgan fingerprint density at radius 3 is 3.20 bits per heavy atom. The van der Waals surface area contributed by atoms with Gasteiger partial charge in [0.2, 0.25) is 0 Å². The van der Waals surface area contributed by atoms with Gasteiger partial charge in [0.1, 0.15) is 5.75 Å². The van der Waals surface area contributed by atoms with Crippen LogP contribution in [0.4, 0.5) is 0 Å². The van der Waals surface area contributed by atoms with Gasteiger partial charge in [0.15, 0.2) is 0 Å². The van der Waals surface area contributed by atoms with E-state index in [1.807, 2.05) is 17.6 Å². The second-order valence-electron chi connectivity index (χ2n) is 3.82. The van der Waals surface area contributed by atoms with Gasteiger partial charge in [-0.25, -0.2) is 4.98 Å². The van der Waals surface area contributed by atoms with Crippen molar-refractivity contribution in [3.63, 3.8) is 0 Å². The predicted molar refractivity (Wildman–Crippen MR) is 61.5 cm³/mol. The van der Waals surface area contributed by atoms with Crippen molar-refractivity contribution in [2.45, 2.75) is 0 Å². The highest BCUT2D eigenvalue weighted by Crippen LogP contribution is 2.23. The molecule has 15 heavy (non-hydrogen) atoms. The average molecular weight is 220 g/mol. The summed E-state index contributed by atoms with van der Waals surface area (Å²) in [7, 11) is 0. The summed E-state index contributed by atoms with van der Waals surface area (Å²) >= 11 is 1.66. The van der Waals surface area contributed by atoms with Crippen molar-refractivity contribution in [3.05, 3.63) is 23.7 Å². The van der Waals surface area contributed by atoms with Crippen molar-refractivity contribution in [1.82, 2.24) is 10.3 Å². The van der Waals surface area contributed by atoms with E-state index < -0.39 is 0 Å². The lowest BCUT2D eigenvalue weighted by atomic mass is 10.1. The van der Waals surface area contributed by atoms with Crippen LogP contribution in [0.2, 0.25) is 0 Å². The number of nitrogens with zero attached hydrogens (tertiary/aromatic N) is 1. The third kappa shape index (κ3) is 1.82. The van der Waals surface area contributed by atoms with Gasteiger partial charge in [-0.3, -0.25) is 0 Å². The van der Waals surface area contributed by atoms with Crippen molar-refractivity contribution in [2.24, 2.45) is 5.92 Å². The first-order valence-corrected chi connectivity index (χ1v) is 5.96. The van der Waals surface area contributed by atoms with Crippen LogP contribution in [0.25, 0.3) is 10.2 Å². The maximum absolute atomic E-state index is 5.71. The molecule has 2 heterocycles. The Balaban J connectivity index is 1.72. The van der Waals surface area contributed by atoms with E-state index in [2.05, 4.69) is 16.4 Å². The predicted octanol–water partition coefficient (Wildman–Crippen LogP) is 1.89. The minimum absolute atomic E-state index is 0.677. The number of hydrogen-bond donors (Lipinski definition) is 1. The molecule has 0 spiro atoms. The zero-order valence-corrected chi connectivity index (χ0v) is 9.09. The van der Waals surface area contributed by atoms with Gasteiger partial charge in [-0.05, 0) is 12.1 Å². The van der Waals surface area contributed by atoms with Gasteiger partial charge in [0, 0.05) is 25.1 Å². The molecular weight excluding hydrogens is 208 g/mol. The van der Waals surface area contributed by atoms with Crippen LogP contribution in [-0.2, 0) is 0 Å². The van der Waals surface area contributed by atoms with Crippen LogP contribution in [0.15, 0.2) is 23.7 Å². The minimum atomic E-state index is 0.677. The van der Waals surface area contributed by atoms with Gasteiger partial charge < -0.3 is 10.1 Å². The molecule has 1 aliphatic heterocycles. The van der Waals surface area contributed by atoms with E-state index in [0.717, 1.165) is 31.0 Å². The Bertz CT molecular complexity index is 464. The lowest BCUT2D eigenvalue weighted by molar-refractivity contribution is 0.199. The number of hydrogen-bond acceptors (Lipinski definition) is 4. The van der Waals surface area contributed by atoms with Gasteiger partial charge >= 0.3 is 0 Å². The van der Waals surface area contributed by atoms with Crippen molar-refractivity contribution in [3.8, 4) is 5.75 Å². The topological polar surface area (TPSA) is 34.1 Å². The van der Waals surface area contributed by atoms with Crippen LogP contribution in [0.1, 0.15) is 0 Å². The molecule has 3 rings (SSSR count). The summed E-state index contributed by atoms with van der Waals surface area (Å²) in [5.74, 6) is 1.61. The van der Waals surface area contributed by atoms with Crippen LogP contribution in [-0.4, -0.2) is 24.7 Å². The van der Waals surface area contributed by atoms with E-state index in [9.17, 15) is 0 Å². The monoisotopic (exact) mass is 220 g/mol. The molecule has 0 bridgehead atoms. The smallest absolute Gasteiger partial charge is 0.121 e.